The Labute approximate surface area is 139 Å². The molecule has 0 bridgehead atoms. The lowest BCUT2D eigenvalue weighted by molar-refractivity contribution is 0.0606. The van der Waals surface area contributed by atoms with Gasteiger partial charge < -0.3 is 4.90 Å². The highest BCUT2D eigenvalue weighted by Gasteiger charge is 2.30. The summed E-state index contributed by atoms with van der Waals surface area (Å²) in [5, 5.41) is 8.48. The lowest BCUT2D eigenvalue weighted by atomic mass is 9.98. The third-order valence-electron chi connectivity index (χ3n) is 4.53. The van der Waals surface area contributed by atoms with E-state index in [2.05, 4.69) is 10.2 Å². The Bertz CT molecular complexity index is 896. The van der Waals surface area contributed by atoms with E-state index in [4.69, 9.17) is 4.98 Å². The van der Waals surface area contributed by atoms with E-state index < -0.39 is 0 Å². The molecule has 1 aliphatic rings. The van der Waals surface area contributed by atoms with Crippen molar-refractivity contribution in [2.24, 2.45) is 7.05 Å². The number of rotatable bonds is 2. The van der Waals surface area contributed by atoms with Gasteiger partial charge in [0.05, 0.1) is 29.2 Å². The van der Waals surface area contributed by atoms with Crippen LogP contribution in [0.4, 0.5) is 0 Å². The fourth-order valence-corrected chi connectivity index (χ4v) is 3.38. The van der Waals surface area contributed by atoms with Crippen LogP contribution in [0.3, 0.4) is 0 Å². The largest absolute Gasteiger partial charge is 0.330 e. The van der Waals surface area contributed by atoms with Crippen LogP contribution in [0.1, 0.15) is 47.1 Å². The SMILES string of the molecule is Cc1cc2nc(C3CCCCN3C(=O)c3cnn(C)c3)ccn2n1. The van der Waals surface area contributed by atoms with Crippen molar-refractivity contribution in [2.45, 2.75) is 32.2 Å². The molecule has 1 saturated heterocycles. The van der Waals surface area contributed by atoms with Crippen molar-refractivity contribution in [1.82, 2.24) is 29.3 Å². The Balaban J connectivity index is 1.68. The van der Waals surface area contributed by atoms with Crippen molar-refractivity contribution in [3.05, 3.63) is 47.7 Å². The molecule has 1 atom stereocenters. The van der Waals surface area contributed by atoms with E-state index in [-0.39, 0.29) is 11.9 Å². The molecule has 0 aliphatic carbocycles. The molecule has 1 aliphatic heterocycles. The van der Waals surface area contributed by atoms with Crippen LogP contribution in [0.15, 0.2) is 30.7 Å². The van der Waals surface area contributed by atoms with E-state index in [1.807, 2.05) is 37.2 Å². The van der Waals surface area contributed by atoms with Gasteiger partial charge in [0.2, 0.25) is 0 Å². The summed E-state index contributed by atoms with van der Waals surface area (Å²) in [5.74, 6) is 0.0270. The third kappa shape index (κ3) is 2.55. The maximum Gasteiger partial charge on any atom is 0.257 e. The zero-order chi connectivity index (χ0) is 16.7. The number of hydrogen-bond donors (Lipinski definition) is 0. The molecule has 1 fully saturated rings. The van der Waals surface area contributed by atoms with Crippen LogP contribution in [-0.4, -0.2) is 41.7 Å². The van der Waals surface area contributed by atoms with E-state index >= 15 is 0 Å². The Hall–Kier alpha value is -2.70. The van der Waals surface area contributed by atoms with Gasteiger partial charge in [0.15, 0.2) is 5.65 Å². The van der Waals surface area contributed by atoms with Gasteiger partial charge in [0, 0.05) is 32.1 Å². The highest BCUT2D eigenvalue weighted by Crippen LogP contribution is 2.31. The molecule has 124 valence electrons. The number of aromatic nitrogens is 5. The van der Waals surface area contributed by atoms with Crippen molar-refractivity contribution in [1.29, 1.82) is 0 Å². The zero-order valence-corrected chi connectivity index (χ0v) is 13.9. The van der Waals surface area contributed by atoms with Crippen molar-refractivity contribution in [3.63, 3.8) is 0 Å². The maximum atomic E-state index is 12.9. The maximum absolute atomic E-state index is 12.9. The molecule has 0 saturated carbocycles. The van der Waals surface area contributed by atoms with Crippen LogP contribution in [0.2, 0.25) is 0 Å². The standard InChI is InChI=1S/C17H20N6O/c1-12-9-16-19-14(6-8-23(16)20-12)15-5-3-4-7-22(15)17(24)13-10-18-21(2)11-13/h6,8-11,15H,3-5,7H2,1-2H3. The average Bonchev–Trinajstić information content (AvgIpc) is 3.18. The van der Waals surface area contributed by atoms with Gasteiger partial charge in [-0.15, -0.1) is 0 Å². The highest BCUT2D eigenvalue weighted by molar-refractivity contribution is 5.94. The predicted molar refractivity (Wildman–Crippen MR) is 88.6 cm³/mol. The van der Waals surface area contributed by atoms with Gasteiger partial charge in [-0.3, -0.25) is 9.48 Å². The summed E-state index contributed by atoms with van der Waals surface area (Å²) in [6, 6.07) is 3.94. The van der Waals surface area contributed by atoms with Crippen molar-refractivity contribution >= 4 is 11.6 Å². The fraction of sp³-hybridized carbons (Fsp3) is 0.412. The minimum Gasteiger partial charge on any atom is -0.330 e. The van der Waals surface area contributed by atoms with Crippen LogP contribution >= 0.6 is 0 Å². The summed E-state index contributed by atoms with van der Waals surface area (Å²) in [4.78, 5) is 19.6. The van der Waals surface area contributed by atoms with E-state index in [9.17, 15) is 4.79 Å². The molecule has 0 radical (unpaired) electrons. The third-order valence-corrected chi connectivity index (χ3v) is 4.53. The number of hydrogen-bond acceptors (Lipinski definition) is 4. The average molecular weight is 324 g/mol. The molecule has 3 aromatic rings. The van der Waals surface area contributed by atoms with Gasteiger partial charge in [0.1, 0.15) is 0 Å². The molecule has 1 unspecified atom stereocenters. The molecule has 7 heteroatoms. The quantitative estimate of drug-likeness (QED) is 0.724. The Morgan fingerprint density at radius 3 is 3.00 bits per heavy atom. The van der Waals surface area contributed by atoms with Gasteiger partial charge >= 0.3 is 0 Å². The lowest BCUT2D eigenvalue weighted by Crippen LogP contribution is -2.38. The Morgan fingerprint density at radius 1 is 1.33 bits per heavy atom. The summed E-state index contributed by atoms with van der Waals surface area (Å²) in [6.45, 7) is 2.71. The summed E-state index contributed by atoms with van der Waals surface area (Å²) < 4.78 is 3.43. The second-order valence-corrected chi connectivity index (χ2v) is 6.35. The minimum absolute atomic E-state index is 0.00617. The highest BCUT2D eigenvalue weighted by atomic mass is 16.2. The van der Waals surface area contributed by atoms with E-state index in [1.165, 1.54) is 0 Å². The molecule has 0 aromatic carbocycles. The predicted octanol–water partition coefficient (Wildman–Crippen LogP) is 2.14. The molecule has 4 heterocycles. The molecular formula is C17H20N6O. The van der Waals surface area contributed by atoms with E-state index in [1.54, 1.807) is 21.6 Å². The second kappa shape index (κ2) is 5.74. The van der Waals surface area contributed by atoms with Crippen LogP contribution in [0.5, 0.6) is 0 Å². The molecule has 7 nitrogen and oxygen atoms in total. The first kappa shape index (κ1) is 14.9. The smallest absolute Gasteiger partial charge is 0.257 e. The Kier molecular flexibility index (Phi) is 3.55. The minimum atomic E-state index is 0.00617. The van der Waals surface area contributed by atoms with Crippen molar-refractivity contribution in [3.8, 4) is 0 Å². The van der Waals surface area contributed by atoms with E-state index in [0.717, 1.165) is 42.8 Å². The van der Waals surface area contributed by atoms with Gasteiger partial charge in [-0.1, -0.05) is 0 Å². The van der Waals surface area contributed by atoms with Crippen molar-refractivity contribution < 1.29 is 4.79 Å². The van der Waals surface area contributed by atoms with Crippen LogP contribution in [-0.2, 0) is 7.05 Å². The molecule has 24 heavy (non-hydrogen) atoms. The van der Waals surface area contributed by atoms with Crippen LogP contribution in [0.25, 0.3) is 5.65 Å². The summed E-state index contributed by atoms with van der Waals surface area (Å²) in [7, 11) is 1.82. The number of nitrogens with zero attached hydrogens (tertiary/aromatic N) is 6. The second-order valence-electron chi connectivity index (χ2n) is 6.35. The molecule has 4 rings (SSSR count). The first-order valence-corrected chi connectivity index (χ1v) is 8.24. The molecule has 3 aromatic heterocycles. The van der Waals surface area contributed by atoms with Gasteiger partial charge in [-0.25, -0.2) is 9.50 Å². The normalized spacial score (nSPS) is 18.2. The first-order chi connectivity index (χ1) is 11.6. The van der Waals surface area contributed by atoms with Crippen molar-refractivity contribution in [2.75, 3.05) is 6.54 Å². The Morgan fingerprint density at radius 2 is 2.21 bits per heavy atom. The lowest BCUT2D eigenvalue weighted by Gasteiger charge is -2.35. The number of carbonyl (C=O) groups excluding carboxylic acids is 1. The topological polar surface area (TPSA) is 68.3 Å². The number of aryl methyl sites for hydroxylation is 2. The molecule has 0 N–H and O–H groups in total. The van der Waals surface area contributed by atoms with Gasteiger partial charge in [0.25, 0.3) is 5.91 Å². The van der Waals surface area contributed by atoms with Gasteiger partial charge in [-0.05, 0) is 32.3 Å². The van der Waals surface area contributed by atoms with E-state index in [0.29, 0.717) is 5.56 Å². The number of fused-ring (bicyclic) bond motifs is 1. The van der Waals surface area contributed by atoms with Crippen LogP contribution < -0.4 is 0 Å². The number of piperidine rings is 1. The summed E-state index contributed by atoms with van der Waals surface area (Å²) in [6.07, 6.45) is 8.38. The first-order valence-electron chi connectivity index (χ1n) is 8.24. The fourth-order valence-electron chi connectivity index (χ4n) is 3.38. The molecule has 0 spiro atoms. The summed E-state index contributed by atoms with van der Waals surface area (Å²) >= 11 is 0. The number of amides is 1. The number of likely N-dealkylation sites (tertiary alicyclic amines) is 1. The zero-order valence-electron chi connectivity index (χ0n) is 13.9. The molecule has 1 amide bonds. The molecular weight excluding hydrogens is 304 g/mol. The van der Waals surface area contributed by atoms with Crippen LogP contribution in [0, 0.1) is 6.92 Å². The number of carbonyl (C=O) groups is 1. The van der Waals surface area contributed by atoms with Gasteiger partial charge in [-0.2, -0.15) is 10.2 Å². The summed E-state index contributed by atoms with van der Waals surface area (Å²) in [5.41, 5.74) is 3.32. The monoisotopic (exact) mass is 324 g/mol.